The molecule has 0 bridgehead atoms. The quantitative estimate of drug-likeness (QED) is 0.616. The van der Waals surface area contributed by atoms with E-state index in [0.717, 1.165) is 36.1 Å². The predicted molar refractivity (Wildman–Crippen MR) is 134 cm³/mol. The smallest absolute Gasteiger partial charge is 0.263 e. The van der Waals surface area contributed by atoms with Gasteiger partial charge in [0, 0.05) is 32.5 Å². The summed E-state index contributed by atoms with van der Waals surface area (Å²) in [5.41, 5.74) is 0.692. The third-order valence-corrected chi connectivity index (χ3v) is 7.77. The normalized spacial score (nSPS) is 19.8. The second-order valence-corrected chi connectivity index (χ2v) is 10.5. The molecule has 1 aromatic heterocycles. The number of rotatable bonds is 8. The minimum Gasteiger partial charge on any atom is -0.493 e. The van der Waals surface area contributed by atoms with Gasteiger partial charge in [-0.2, -0.15) is 0 Å². The number of nitrogens with one attached hydrogen (secondary N) is 1. The lowest BCUT2D eigenvalue weighted by Crippen LogP contribution is -2.59. The molecule has 1 atom stereocenters. The van der Waals surface area contributed by atoms with Crippen LogP contribution in [0.25, 0.3) is 0 Å². The number of thiophene rings is 1. The molecule has 3 heterocycles. The van der Waals surface area contributed by atoms with Gasteiger partial charge in [-0.05, 0) is 47.9 Å². The molecule has 2 fully saturated rings. The summed E-state index contributed by atoms with van der Waals surface area (Å²) < 4.78 is 10.8. The topological polar surface area (TPSA) is 71.1 Å². The fraction of sp³-hybridized carbons (Fsp3) is 0.538. The van der Waals surface area contributed by atoms with Gasteiger partial charge in [0.05, 0.1) is 30.8 Å². The number of benzene rings is 1. The maximum absolute atomic E-state index is 13.5. The van der Waals surface area contributed by atoms with Crippen LogP contribution in [-0.4, -0.2) is 67.2 Å². The Balaban J connectivity index is 1.49. The van der Waals surface area contributed by atoms with Crippen LogP contribution in [0.4, 0.5) is 0 Å². The van der Waals surface area contributed by atoms with Gasteiger partial charge in [-0.1, -0.05) is 26.0 Å². The molecule has 2 aromatic rings. The zero-order valence-electron chi connectivity index (χ0n) is 20.5. The number of likely N-dealkylation sites (tertiary alicyclic amines) is 1. The predicted octanol–water partition coefficient (Wildman–Crippen LogP) is 3.79. The molecule has 4 rings (SSSR count). The fourth-order valence-corrected chi connectivity index (χ4v) is 5.84. The molecule has 1 spiro atoms. The Hall–Kier alpha value is -2.58. The number of nitrogens with zero attached hydrogens (tertiary/aromatic N) is 2. The van der Waals surface area contributed by atoms with Gasteiger partial charge in [0.25, 0.3) is 5.91 Å². The van der Waals surface area contributed by atoms with Crippen LogP contribution >= 0.6 is 11.3 Å². The van der Waals surface area contributed by atoms with Gasteiger partial charge in [-0.3, -0.25) is 14.9 Å². The zero-order chi connectivity index (χ0) is 24.3. The van der Waals surface area contributed by atoms with Crippen LogP contribution in [0.2, 0.25) is 0 Å². The highest BCUT2D eigenvalue weighted by Crippen LogP contribution is 2.35. The van der Waals surface area contributed by atoms with Crippen molar-refractivity contribution < 1.29 is 19.1 Å². The summed E-state index contributed by atoms with van der Waals surface area (Å²) in [6, 6.07) is 9.52. The number of carbonyl (C=O) groups excluding carboxylic acids is 2. The molecule has 0 aliphatic carbocycles. The molecule has 7 nitrogen and oxygen atoms in total. The van der Waals surface area contributed by atoms with E-state index in [2.05, 4.69) is 19.2 Å². The van der Waals surface area contributed by atoms with Crippen LogP contribution in [0, 0.1) is 5.92 Å². The summed E-state index contributed by atoms with van der Waals surface area (Å²) in [7, 11) is 3.26. The Morgan fingerprint density at radius 1 is 1.18 bits per heavy atom. The van der Waals surface area contributed by atoms with E-state index in [-0.39, 0.29) is 17.9 Å². The third kappa shape index (κ3) is 4.93. The highest BCUT2D eigenvalue weighted by atomic mass is 32.1. The average molecular weight is 486 g/mol. The average Bonchev–Trinajstić information content (AvgIpc) is 3.45. The van der Waals surface area contributed by atoms with Crippen LogP contribution in [-0.2, 0) is 11.2 Å². The standard InChI is InChI=1S/C26H35N3O4S/c1-18(2)16-20-24(30)29(12-9-19-7-8-21(32-3)22(17-19)33-4)26(27-20)10-13-28(14-11-26)25(31)23-6-5-15-34-23/h5-8,15,17-18,20,27H,9-14,16H2,1-4H3/t20-/m1/s1. The molecular formula is C26H35N3O4S. The molecule has 1 aromatic carbocycles. The van der Waals surface area contributed by atoms with Gasteiger partial charge < -0.3 is 19.3 Å². The lowest BCUT2D eigenvalue weighted by Gasteiger charge is -2.44. The first kappa shape index (κ1) is 24.5. The number of amides is 2. The maximum atomic E-state index is 13.5. The van der Waals surface area contributed by atoms with Crippen LogP contribution in [0.15, 0.2) is 35.7 Å². The maximum Gasteiger partial charge on any atom is 0.263 e. The lowest BCUT2D eigenvalue weighted by molar-refractivity contribution is -0.133. The van der Waals surface area contributed by atoms with Crippen LogP contribution in [0.3, 0.4) is 0 Å². The van der Waals surface area contributed by atoms with E-state index in [4.69, 9.17) is 9.47 Å². The van der Waals surface area contributed by atoms with Crippen molar-refractivity contribution in [2.75, 3.05) is 33.9 Å². The van der Waals surface area contributed by atoms with Crippen molar-refractivity contribution in [1.82, 2.24) is 15.1 Å². The largest absolute Gasteiger partial charge is 0.493 e. The number of hydrogen-bond acceptors (Lipinski definition) is 6. The summed E-state index contributed by atoms with van der Waals surface area (Å²) in [6.07, 6.45) is 3.00. The second kappa shape index (κ2) is 10.4. The first-order valence-corrected chi connectivity index (χ1v) is 12.9. The van der Waals surface area contributed by atoms with Gasteiger partial charge in [0.1, 0.15) is 0 Å². The molecule has 2 amide bonds. The Bertz CT molecular complexity index is 999. The van der Waals surface area contributed by atoms with E-state index in [1.54, 1.807) is 14.2 Å². The highest BCUT2D eigenvalue weighted by Gasteiger charge is 2.51. The van der Waals surface area contributed by atoms with Crippen molar-refractivity contribution >= 4 is 23.2 Å². The Morgan fingerprint density at radius 3 is 2.53 bits per heavy atom. The third-order valence-electron chi connectivity index (χ3n) is 6.91. The molecule has 184 valence electrons. The SMILES string of the molecule is COc1ccc(CCN2C(=O)[C@@H](CC(C)C)NC23CCN(C(=O)c2cccs2)CC3)cc1OC. The van der Waals surface area contributed by atoms with Crippen LogP contribution in [0.5, 0.6) is 11.5 Å². The highest BCUT2D eigenvalue weighted by molar-refractivity contribution is 7.12. The summed E-state index contributed by atoms with van der Waals surface area (Å²) in [6.45, 7) is 6.19. The minimum atomic E-state index is -0.403. The van der Waals surface area contributed by atoms with E-state index in [1.807, 2.05) is 45.5 Å². The summed E-state index contributed by atoms with van der Waals surface area (Å²) in [5.74, 6) is 2.07. The summed E-state index contributed by atoms with van der Waals surface area (Å²) in [4.78, 5) is 31.1. The molecule has 0 saturated carbocycles. The lowest BCUT2D eigenvalue weighted by atomic mass is 9.95. The van der Waals surface area contributed by atoms with Crippen molar-refractivity contribution in [2.24, 2.45) is 5.92 Å². The number of piperidine rings is 1. The number of ether oxygens (including phenoxy) is 2. The van der Waals surface area contributed by atoms with E-state index in [1.165, 1.54) is 11.3 Å². The Labute approximate surface area is 206 Å². The molecule has 0 unspecified atom stereocenters. The molecule has 2 aliphatic rings. The Kier molecular flexibility index (Phi) is 7.48. The molecule has 1 N–H and O–H groups in total. The van der Waals surface area contributed by atoms with Gasteiger partial charge in [0.15, 0.2) is 11.5 Å². The summed E-state index contributed by atoms with van der Waals surface area (Å²) in [5, 5.41) is 5.64. The molecule has 2 aliphatic heterocycles. The zero-order valence-corrected chi connectivity index (χ0v) is 21.3. The minimum absolute atomic E-state index is 0.0878. The van der Waals surface area contributed by atoms with Crippen molar-refractivity contribution in [3.8, 4) is 11.5 Å². The number of carbonyl (C=O) groups is 2. The first-order chi connectivity index (χ1) is 16.4. The van der Waals surface area contributed by atoms with Crippen molar-refractivity contribution in [3.63, 3.8) is 0 Å². The molecular weight excluding hydrogens is 450 g/mol. The molecule has 0 radical (unpaired) electrons. The fourth-order valence-electron chi connectivity index (χ4n) is 5.15. The second-order valence-electron chi connectivity index (χ2n) is 9.56. The summed E-state index contributed by atoms with van der Waals surface area (Å²) >= 11 is 1.48. The van der Waals surface area contributed by atoms with E-state index >= 15 is 0 Å². The van der Waals surface area contributed by atoms with Crippen LogP contribution in [0.1, 0.15) is 48.3 Å². The Morgan fingerprint density at radius 2 is 1.91 bits per heavy atom. The van der Waals surface area contributed by atoms with Gasteiger partial charge in [-0.25, -0.2) is 0 Å². The number of hydrogen-bond donors (Lipinski definition) is 1. The van der Waals surface area contributed by atoms with Gasteiger partial charge in [-0.15, -0.1) is 11.3 Å². The van der Waals surface area contributed by atoms with Crippen molar-refractivity contribution in [2.45, 2.75) is 51.2 Å². The van der Waals surface area contributed by atoms with Gasteiger partial charge in [0.2, 0.25) is 5.91 Å². The molecule has 34 heavy (non-hydrogen) atoms. The van der Waals surface area contributed by atoms with E-state index < -0.39 is 5.66 Å². The van der Waals surface area contributed by atoms with Crippen molar-refractivity contribution in [3.05, 3.63) is 46.2 Å². The van der Waals surface area contributed by atoms with Crippen molar-refractivity contribution in [1.29, 1.82) is 0 Å². The molecule has 2 saturated heterocycles. The van der Waals surface area contributed by atoms with Crippen LogP contribution < -0.4 is 14.8 Å². The first-order valence-electron chi connectivity index (χ1n) is 12.0. The molecule has 8 heteroatoms. The van der Waals surface area contributed by atoms with E-state index in [9.17, 15) is 9.59 Å². The monoisotopic (exact) mass is 485 g/mol. The van der Waals surface area contributed by atoms with Gasteiger partial charge >= 0.3 is 0 Å². The number of methoxy groups -OCH3 is 2. The van der Waals surface area contributed by atoms with E-state index in [0.29, 0.717) is 37.1 Å².